The van der Waals surface area contributed by atoms with E-state index in [4.69, 9.17) is 0 Å². The van der Waals surface area contributed by atoms with E-state index in [0.717, 1.165) is 32.0 Å². The van der Waals surface area contributed by atoms with Crippen LogP contribution in [-0.2, 0) is 0 Å². The molecule has 0 fully saturated rings. The molecule has 113 valence electrons. The van der Waals surface area contributed by atoms with E-state index in [1.165, 1.54) is 10.8 Å². The van der Waals surface area contributed by atoms with Crippen molar-refractivity contribution < 1.29 is 4.55 Å². The highest BCUT2D eigenvalue weighted by atomic mass is 32.2. The second-order valence-corrected chi connectivity index (χ2v) is 7.24. The van der Waals surface area contributed by atoms with E-state index in [1.807, 2.05) is 24.3 Å². The lowest BCUT2D eigenvalue weighted by Crippen LogP contribution is -1.84. The van der Waals surface area contributed by atoms with Gasteiger partial charge in [0, 0.05) is 17.0 Å². The summed E-state index contributed by atoms with van der Waals surface area (Å²) < 4.78 is 13.3. The quantitative estimate of drug-likeness (QED) is 0.260. The monoisotopic (exact) mass is 325 g/mol. The van der Waals surface area contributed by atoms with Gasteiger partial charge in [-0.1, -0.05) is 42.5 Å². The molecule has 1 nitrogen and oxygen atoms in total. The third-order valence-corrected chi connectivity index (χ3v) is 5.81. The van der Waals surface area contributed by atoms with Crippen LogP contribution in [0.5, 0.6) is 0 Å². The zero-order valence-electron chi connectivity index (χ0n) is 12.8. The first-order chi connectivity index (χ1) is 11.8. The predicted octanol–water partition coefficient (Wildman–Crippen LogP) is 6.34. The normalized spacial score (nSPS) is 12.3. The first-order valence-electron chi connectivity index (χ1n) is 7.87. The molecule has 0 aliphatic heterocycles. The first-order valence-corrected chi connectivity index (χ1v) is 9.08. The fourth-order valence-corrected chi connectivity index (χ4v) is 4.62. The number of rotatable bonds is 1. The third-order valence-electron chi connectivity index (χ3n) is 4.57. The van der Waals surface area contributed by atoms with Crippen molar-refractivity contribution in [2.24, 2.45) is 0 Å². The molecular formula is C22H13OS. The van der Waals surface area contributed by atoms with Crippen molar-refractivity contribution in [3.05, 3.63) is 84.2 Å². The lowest BCUT2D eigenvalue weighted by molar-refractivity contribution is 0.600. The van der Waals surface area contributed by atoms with Gasteiger partial charge >= 0.3 is 0 Å². The molecule has 1 radical (unpaired) electrons. The maximum atomic E-state index is 12.4. The number of hydrogen-bond donors (Lipinski definition) is 0. The Labute approximate surface area is 142 Å². The highest BCUT2D eigenvalue weighted by Crippen LogP contribution is 2.40. The SMILES string of the molecule is [O-][s+]1ccc2cccc(-c3cc[c]c4cc5ccccc5cc34)c21. The smallest absolute Gasteiger partial charge is 0.187 e. The van der Waals surface area contributed by atoms with Crippen LogP contribution >= 0.6 is 10.8 Å². The van der Waals surface area contributed by atoms with Crippen LogP contribution in [0.2, 0.25) is 0 Å². The van der Waals surface area contributed by atoms with Crippen LogP contribution < -0.4 is 0 Å². The summed E-state index contributed by atoms with van der Waals surface area (Å²) in [4.78, 5) is 0. The van der Waals surface area contributed by atoms with Crippen molar-refractivity contribution in [1.82, 2.24) is 0 Å². The van der Waals surface area contributed by atoms with Crippen molar-refractivity contribution in [2.75, 3.05) is 0 Å². The minimum Gasteiger partial charge on any atom is -0.590 e. The van der Waals surface area contributed by atoms with Gasteiger partial charge in [0.15, 0.2) is 4.70 Å². The van der Waals surface area contributed by atoms with Crippen LogP contribution in [0.1, 0.15) is 0 Å². The number of thiophene rings is 1. The minimum atomic E-state index is -1.07. The lowest BCUT2D eigenvalue weighted by atomic mass is 9.95. The van der Waals surface area contributed by atoms with E-state index in [-0.39, 0.29) is 0 Å². The molecule has 0 saturated heterocycles. The van der Waals surface area contributed by atoms with Gasteiger partial charge < -0.3 is 4.55 Å². The Bertz CT molecular complexity index is 1220. The molecule has 0 spiro atoms. The van der Waals surface area contributed by atoms with Gasteiger partial charge in [-0.15, -0.1) is 0 Å². The van der Waals surface area contributed by atoms with E-state index in [9.17, 15) is 4.55 Å². The van der Waals surface area contributed by atoms with E-state index in [0.29, 0.717) is 0 Å². The van der Waals surface area contributed by atoms with Gasteiger partial charge in [0.25, 0.3) is 0 Å². The molecule has 0 aliphatic carbocycles. The summed E-state index contributed by atoms with van der Waals surface area (Å²) in [5.41, 5.74) is 2.16. The summed E-state index contributed by atoms with van der Waals surface area (Å²) in [5.74, 6) is 0. The summed E-state index contributed by atoms with van der Waals surface area (Å²) in [6.45, 7) is 0. The summed E-state index contributed by atoms with van der Waals surface area (Å²) in [6, 6.07) is 28.2. The van der Waals surface area contributed by atoms with Gasteiger partial charge in [-0.25, -0.2) is 0 Å². The maximum Gasteiger partial charge on any atom is 0.187 e. The van der Waals surface area contributed by atoms with Crippen LogP contribution in [0.3, 0.4) is 0 Å². The zero-order chi connectivity index (χ0) is 16.1. The van der Waals surface area contributed by atoms with Crippen molar-refractivity contribution in [3.8, 4) is 11.1 Å². The first kappa shape index (κ1) is 13.7. The van der Waals surface area contributed by atoms with E-state index in [2.05, 4.69) is 54.6 Å². The zero-order valence-corrected chi connectivity index (χ0v) is 13.6. The molecule has 1 atom stereocenters. The number of benzene rings is 4. The largest absolute Gasteiger partial charge is 0.590 e. The molecule has 0 N–H and O–H groups in total. The second kappa shape index (κ2) is 5.17. The molecule has 1 unspecified atom stereocenters. The van der Waals surface area contributed by atoms with Crippen LogP contribution in [0, 0.1) is 6.07 Å². The summed E-state index contributed by atoms with van der Waals surface area (Å²) in [6.07, 6.45) is 0. The molecule has 2 heteroatoms. The molecule has 5 aromatic rings. The average molecular weight is 325 g/mol. The van der Waals surface area contributed by atoms with Gasteiger partial charge in [0.05, 0.1) is 0 Å². The Morgan fingerprint density at radius 1 is 0.750 bits per heavy atom. The van der Waals surface area contributed by atoms with Crippen LogP contribution in [0.25, 0.3) is 42.8 Å². The van der Waals surface area contributed by atoms with Gasteiger partial charge in [0.2, 0.25) is 0 Å². The topological polar surface area (TPSA) is 23.1 Å². The summed E-state index contributed by atoms with van der Waals surface area (Å²) in [7, 11) is -1.07. The number of fused-ring (bicyclic) bond motifs is 3. The molecule has 0 amide bonds. The van der Waals surface area contributed by atoms with Crippen LogP contribution in [0.4, 0.5) is 0 Å². The molecule has 1 heterocycles. The number of hydrogen-bond acceptors (Lipinski definition) is 1. The average Bonchev–Trinajstić information content (AvgIpc) is 3.01. The minimum absolute atomic E-state index is 0.915. The highest BCUT2D eigenvalue weighted by Gasteiger charge is 2.14. The highest BCUT2D eigenvalue weighted by molar-refractivity contribution is 7.30. The van der Waals surface area contributed by atoms with Crippen molar-refractivity contribution >= 4 is 42.4 Å². The Morgan fingerprint density at radius 3 is 2.42 bits per heavy atom. The Morgan fingerprint density at radius 2 is 1.54 bits per heavy atom. The Hall–Kier alpha value is -2.68. The molecule has 0 bridgehead atoms. The molecule has 1 aromatic heterocycles. The second-order valence-electron chi connectivity index (χ2n) is 5.96. The lowest BCUT2D eigenvalue weighted by Gasteiger charge is -2.09. The summed E-state index contributed by atoms with van der Waals surface area (Å²) in [5, 5.41) is 7.46. The Balaban J connectivity index is 1.92. The van der Waals surface area contributed by atoms with Gasteiger partial charge in [-0.05, 0) is 68.2 Å². The molecular weight excluding hydrogens is 312 g/mol. The third kappa shape index (κ3) is 1.97. The van der Waals surface area contributed by atoms with Crippen LogP contribution in [0.15, 0.2) is 78.2 Å². The van der Waals surface area contributed by atoms with Crippen molar-refractivity contribution in [3.63, 3.8) is 0 Å². The van der Waals surface area contributed by atoms with Gasteiger partial charge in [-0.2, -0.15) is 0 Å². The molecule has 0 aliphatic rings. The fourth-order valence-electron chi connectivity index (χ4n) is 3.45. The van der Waals surface area contributed by atoms with E-state index >= 15 is 0 Å². The standard InChI is InChI=1S/C22H13OS/c23-24-12-11-15-7-3-10-20(22(15)24)19-9-4-8-18-13-16-5-1-2-6-17(16)14-21(18)19/h1-7,9-14H. The fraction of sp³-hybridized carbons (Fsp3) is 0. The van der Waals surface area contributed by atoms with Gasteiger partial charge in [0.1, 0.15) is 5.38 Å². The Kier molecular flexibility index (Phi) is 2.96. The maximum absolute atomic E-state index is 12.4. The van der Waals surface area contributed by atoms with Crippen molar-refractivity contribution in [2.45, 2.75) is 0 Å². The summed E-state index contributed by atoms with van der Waals surface area (Å²) >= 11 is 0. The van der Waals surface area contributed by atoms with E-state index in [1.54, 1.807) is 5.38 Å². The molecule has 24 heavy (non-hydrogen) atoms. The van der Waals surface area contributed by atoms with E-state index < -0.39 is 10.8 Å². The molecule has 5 rings (SSSR count). The van der Waals surface area contributed by atoms with Gasteiger partial charge in [-0.3, -0.25) is 0 Å². The van der Waals surface area contributed by atoms with Crippen molar-refractivity contribution in [1.29, 1.82) is 0 Å². The molecule has 0 saturated carbocycles. The molecule has 4 aromatic carbocycles. The predicted molar refractivity (Wildman–Crippen MR) is 102 cm³/mol. The van der Waals surface area contributed by atoms with Crippen LogP contribution in [-0.4, -0.2) is 4.55 Å².